The van der Waals surface area contributed by atoms with E-state index in [9.17, 15) is 4.79 Å². The summed E-state index contributed by atoms with van der Waals surface area (Å²) in [6.07, 6.45) is 0.344. The Morgan fingerprint density at radius 2 is 2.00 bits per heavy atom. The number of carbonyl (C=O) groups excluding carboxylic acids is 1. The van der Waals surface area contributed by atoms with Crippen molar-refractivity contribution < 1.29 is 4.79 Å². The molecule has 1 amide bonds. The van der Waals surface area contributed by atoms with Crippen molar-refractivity contribution in [3.8, 4) is 0 Å². The van der Waals surface area contributed by atoms with Crippen LogP contribution in [0.15, 0.2) is 24.3 Å². The first-order valence-electron chi connectivity index (χ1n) is 5.22. The molecule has 3 N–H and O–H groups in total. The molecular formula is C12H18N2O. The van der Waals surface area contributed by atoms with E-state index < -0.39 is 0 Å². The highest BCUT2D eigenvalue weighted by Crippen LogP contribution is 2.14. The van der Waals surface area contributed by atoms with Gasteiger partial charge in [-0.2, -0.15) is 0 Å². The lowest BCUT2D eigenvalue weighted by Crippen LogP contribution is -2.27. The smallest absolute Gasteiger partial charge is 0.221 e. The SMILES string of the molecule is CCNC(=O)CC(N)c1ccc(C)cc1. The number of nitrogens with one attached hydrogen (secondary N) is 1. The van der Waals surface area contributed by atoms with Crippen LogP contribution in [0.4, 0.5) is 0 Å². The van der Waals surface area contributed by atoms with E-state index in [1.54, 1.807) is 0 Å². The molecule has 0 saturated carbocycles. The topological polar surface area (TPSA) is 55.1 Å². The Labute approximate surface area is 90.7 Å². The summed E-state index contributed by atoms with van der Waals surface area (Å²) in [5.74, 6) is 0.00516. The highest BCUT2D eigenvalue weighted by Gasteiger charge is 2.10. The number of aryl methyl sites for hydroxylation is 1. The van der Waals surface area contributed by atoms with Crippen LogP contribution < -0.4 is 11.1 Å². The number of benzene rings is 1. The van der Waals surface area contributed by atoms with Crippen molar-refractivity contribution in [1.29, 1.82) is 0 Å². The van der Waals surface area contributed by atoms with E-state index in [-0.39, 0.29) is 11.9 Å². The Kier molecular flexibility index (Phi) is 4.31. The molecule has 1 aromatic carbocycles. The molecule has 1 aromatic rings. The third-order valence-electron chi connectivity index (χ3n) is 2.28. The minimum atomic E-state index is -0.211. The number of hydrogen-bond donors (Lipinski definition) is 2. The number of rotatable bonds is 4. The summed E-state index contributed by atoms with van der Waals surface area (Å²) < 4.78 is 0. The fraction of sp³-hybridized carbons (Fsp3) is 0.417. The molecule has 0 spiro atoms. The monoisotopic (exact) mass is 206 g/mol. The van der Waals surface area contributed by atoms with Crippen molar-refractivity contribution in [2.45, 2.75) is 26.3 Å². The summed E-state index contributed by atoms with van der Waals surface area (Å²) in [5, 5.41) is 2.74. The van der Waals surface area contributed by atoms with E-state index >= 15 is 0 Å². The maximum absolute atomic E-state index is 11.3. The minimum absolute atomic E-state index is 0.00516. The minimum Gasteiger partial charge on any atom is -0.356 e. The lowest BCUT2D eigenvalue weighted by molar-refractivity contribution is -0.121. The van der Waals surface area contributed by atoms with Gasteiger partial charge < -0.3 is 11.1 Å². The van der Waals surface area contributed by atoms with Gasteiger partial charge >= 0.3 is 0 Å². The van der Waals surface area contributed by atoms with Crippen molar-refractivity contribution in [3.63, 3.8) is 0 Å². The zero-order valence-electron chi connectivity index (χ0n) is 9.29. The van der Waals surface area contributed by atoms with Crippen LogP contribution in [0.2, 0.25) is 0 Å². The summed E-state index contributed by atoms with van der Waals surface area (Å²) in [6, 6.07) is 7.75. The van der Waals surface area contributed by atoms with E-state index in [4.69, 9.17) is 5.73 Å². The fourth-order valence-electron chi connectivity index (χ4n) is 1.40. The molecule has 15 heavy (non-hydrogen) atoms. The molecule has 0 aliphatic heterocycles. The Morgan fingerprint density at radius 3 is 2.53 bits per heavy atom. The highest BCUT2D eigenvalue weighted by molar-refractivity contribution is 5.76. The molecular weight excluding hydrogens is 188 g/mol. The van der Waals surface area contributed by atoms with Crippen LogP contribution in [0, 0.1) is 6.92 Å². The Hall–Kier alpha value is -1.35. The van der Waals surface area contributed by atoms with E-state index in [1.807, 2.05) is 38.1 Å². The van der Waals surface area contributed by atoms with Crippen LogP contribution in [-0.2, 0) is 4.79 Å². The zero-order chi connectivity index (χ0) is 11.3. The van der Waals surface area contributed by atoms with Crippen LogP contribution in [0.3, 0.4) is 0 Å². The molecule has 0 aliphatic rings. The van der Waals surface area contributed by atoms with Crippen molar-refractivity contribution in [2.75, 3.05) is 6.54 Å². The van der Waals surface area contributed by atoms with Gasteiger partial charge in [0.05, 0.1) is 0 Å². The second-order valence-corrected chi connectivity index (χ2v) is 3.67. The van der Waals surface area contributed by atoms with Gasteiger partial charge in [0.1, 0.15) is 0 Å². The van der Waals surface area contributed by atoms with E-state index in [0.717, 1.165) is 5.56 Å². The van der Waals surface area contributed by atoms with Gasteiger partial charge in [0.2, 0.25) is 5.91 Å². The van der Waals surface area contributed by atoms with Gasteiger partial charge in [0.25, 0.3) is 0 Å². The number of hydrogen-bond acceptors (Lipinski definition) is 2. The summed E-state index contributed by atoms with van der Waals surface area (Å²) in [6.45, 7) is 4.58. The Bertz CT molecular complexity index is 319. The first-order valence-corrected chi connectivity index (χ1v) is 5.22. The average molecular weight is 206 g/mol. The molecule has 1 rings (SSSR count). The molecule has 0 radical (unpaired) electrons. The van der Waals surface area contributed by atoms with Crippen LogP contribution in [0.5, 0.6) is 0 Å². The van der Waals surface area contributed by atoms with Gasteiger partial charge in [-0.05, 0) is 19.4 Å². The van der Waals surface area contributed by atoms with Gasteiger partial charge in [-0.3, -0.25) is 4.79 Å². The molecule has 3 heteroatoms. The molecule has 0 heterocycles. The standard InChI is InChI=1S/C12H18N2O/c1-3-14-12(15)8-11(13)10-6-4-9(2)5-7-10/h4-7,11H,3,8,13H2,1-2H3,(H,14,15). The summed E-state index contributed by atoms with van der Waals surface area (Å²) in [5.41, 5.74) is 8.12. The van der Waals surface area contributed by atoms with Crippen molar-refractivity contribution >= 4 is 5.91 Å². The first-order chi connectivity index (χ1) is 7.13. The lowest BCUT2D eigenvalue weighted by Gasteiger charge is -2.11. The highest BCUT2D eigenvalue weighted by atomic mass is 16.1. The van der Waals surface area contributed by atoms with Gasteiger partial charge in [0, 0.05) is 19.0 Å². The Balaban J connectivity index is 2.57. The predicted molar refractivity (Wildman–Crippen MR) is 61.4 cm³/mol. The summed E-state index contributed by atoms with van der Waals surface area (Å²) >= 11 is 0. The number of nitrogens with two attached hydrogens (primary N) is 1. The normalized spacial score (nSPS) is 12.2. The molecule has 1 atom stereocenters. The van der Waals surface area contributed by atoms with Crippen LogP contribution in [-0.4, -0.2) is 12.5 Å². The maximum Gasteiger partial charge on any atom is 0.221 e. The first kappa shape index (κ1) is 11.7. The summed E-state index contributed by atoms with van der Waals surface area (Å²) in [4.78, 5) is 11.3. The van der Waals surface area contributed by atoms with Crippen molar-refractivity contribution in [1.82, 2.24) is 5.32 Å². The molecule has 0 bridgehead atoms. The molecule has 0 aromatic heterocycles. The van der Waals surface area contributed by atoms with Crippen molar-refractivity contribution in [2.24, 2.45) is 5.73 Å². The average Bonchev–Trinajstić information content (AvgIpc) is 2.18. The van der Waals surface area contributed by atoms with Crippen LogP contribution in [0.1, 0.15) is 30.5 Å². The lowest BCUT2D eigenvalue weighted by atomic mass is 10.0. The molecule has 3 nitrogen and oxygen atoms in total. The van der Waals surface area contributed by atoms with Gasteiger partial charge in [0.15, 0.2) is 0 Å². The molecule has 82 valence electrons. The van der Waals surface area contributed by atoms with E-state index in [1.165, 1.54) is 5.56 Å². The number of amides is 1. The van der Waals surface area contributed by atoms with E-state index in [2.05, 4.69) is 5.32 Å². The quantitative estimate of drug-likeness (QED) is 0.784. The largest absolute Gasteiger partial charge is 0.356 e. The Morgan fingerprint density at radius 1 is 1.40 bits per heavy atom. The molecule has 0 saturated heterocycles. The zero-order valence-corrected chi connectivity index (χ0v) is 9.29. The second kappa shape index (κ2) is 5.51. The third-order valence-corrected chi connectivity index (χ3v) is 2.28. The van der Waals surface area contributed by atoms with Gasteiger partial charge in [-0.25, -0.2) is 0 Å². The molecule has 0 fully saturated rings. The second-order valence-electron chi connectivity index (χ2n) is 3.67. The van der Waals surface area contributed by atoms with Gasteiger partial charge in [-0.1, -0.05) is 29.8 Å². The molecule has 0 aliphatic carbocycles. The van der Waals surface area contributed by atoms with Crippen LogP contribution >= 0.6 is 0 Å². The van der Waals surface area contributed by atoms with E-state index in [0.29, 0.717) is 13.0 Å². The van der Waals surface area contributed by atoms with Crippen molar-refractivity contribution in [3.05, 3.63) is 35.4 Å². The maximum atomic E-state index is 11.3. The van der Waals surface area contributed by atoms with Gasteiger partial charge in [-0.15, -0.1) is 0 Å². The predicted octanol–water partition coefficient (Wildman–Crippen LogP) is 1.52. The third kappa shape index (κ3) is 3.72. The van der Waals surface area contributed by atoms with Crippen LogP contribution in [0.25, 0.3) is 0 Å². The number of carbonyl (C=O) groups is 1. The molecule has 1 unspecified atom stereocenters. The summed E-state index contributed by atoms with van der Waals surface area (Å²) in [7, 11) is 0. The fourth-order valence-corrected chi connectivity index (χ4v) is 1.40.